The Morgan fingerprint density at radius 3 is 2.50 bits per heavy atom. The number of hydrogen-bond donors (Lipinski definition) is 1. The van der Waals surface area contributed by atoms with Crippen LogP contribution in [0.2, 0.25) is 0 Å². The molecule has 0 spiro atoms. The molecule has 0 fully saturated rings. The lowest BCUT2D eigenvalue weighted by atomic mass is 10.3. The van der Waals surface area contributed by atoms with Crippen LogP contribution in [-0.2, 0) is 14.8 Å². The molecule has 0 saturated carbocycles. The van der Waals surface area contributed by atoms with Crippen molar-refractivity contribution in [1.29, 1.82) is 0 Å². The lowest BCUT2D eigenvalue weighted by molar-refractivity contribution is 0.0602. The molecule has 1 aromatic heterocycles. The minimum absolute atomic E-state index is 0.224. The van der Waals surface area contributed by atoms with Crippen molar-refractivity contribution in [2.45, 2.75) is 4.90 Å². The zero-order valence-corrected chi connectivity index (χ0v) is 12.5. The predicted octanol–water partition coefficient (Wildman–Crippen LogP) is 2.75. The molecule has 0 unspecified atom stereocenters. The summed E-state index contributed by atoms with van der Waals surface area (Å²) < 4.78 is 70.0. The van der Waals surface area contributed by atoms with Gasteiger partial charge in [-0.1, -0.05) is 0 Å². The van der Waals surface area contributed by atoms with Crippen molar-refractivity contribution in [3.63, 3.8) is 0 Å². The molecule has 2 aromatic rings. The Balaban J connectivity index is 2.44. The summed E-state index contributed by atoms with van der Waals surface area (Å²) in [5, 5.41) is 1.32. The van der Waals surface area contributed by atoms with Gasteiger partial charge < -0.3 is 4.74 Å². The molecule has 0 radical (unpaired) electrons. The third-order valence-electron chi connectivity index (χ3n) is 2.57. The first-order valence-electron chi connectivity index (χ1n) is 5.60. The maximum atomic E-state index is 13.5. The normalized spacial score (nSPS) is 11.3. The second kappa shape index (κ2) is 5.97. The van der Waals surface area contributed by atoms with Crippen LogP contribution < -0.4 is 4.72 Å². The largest absolute Gasteiger partial charge is 0.465 e. The van der Waals surface area contributed by atoms with E-state index in [0.717, 1.165) is 30.6 Å². The number of halogens is 3. The Hall–Kier alpha value is -2.07. The van der Waals surface area contributed by atoms with E-state index >= 15 is 0 Å². The summed E-state index contributed by atoms with van der Waals surface area (Å²) in [6, 6.07) is 2.41. The Kier molecular flexibility index (Phi) is 4.42. The van der Waals surface area contributed by atoms with E-state index in [4.69, 9.17) is 0 Å². The van der Waals surface area contributed by atoms with E-state index in [-0.39, 0.29) is 4.88 Å². The van der Waals surface area contributed by atoms with Gasteiger partial charge >= 0.3 is 5.97 Å². The highest BCUT2D eigenvalue weighted by atomic mass is 32.2. The molecule has 0 aliphatic carbocycles. The first-order valence-corrected chi connectivity index (χ1v) is 7.96. The fraction of sp³-hybridized carbons (Fsp3) is 0.0833. The van der Waals surface area contributed by atoms with Gasteiger partial charge in [0, 0.05) is 0 Å². The van der Waals surface area contributed by atoms with Gasteiger partial charge in [-0.2, -0.15) is 0 Å². The number of benzene rings is 1. The van der Waals surface area contributed by atoms with Crippen molar-refractivity contribution in [3.8, 4) is 0 Å². The van der Waals surface area contributed by atoms with Gasteiger partial charge in [-0.3, -0.25) is 4.72 Å². The molecule has 0 aliphatic rings. The molecule has 0 saturated heterocycles. The molecule has 10 heteroatoms. The topological polar surface area (TPSA) is 72.5 Å². The second-order valence-corrected chi connectivity index (χ2v) is 6.50. The molecule has 1 heterocycles. The van der Waals surface area contributed by atoms with Gasteiger partial charge in [0.25, 0.3) is 10.0 Å². The monoisotopic (exact) mass is 351 g/mol. The third kappa shape index (κ3) is 2.92. The van der Waals surface area contributed by atoms with Gasteiger partial charge in [0.05, 0.1) is 12.8 Å². The summed E-state index contributed by atoms with van der Waals surface area (Å²) in [5.41, 5.74) is -0.777. The molecule has 22 heavy (non-hydrogen) atoms. The first-order chi connectivity index (χ1) is 10.3. The van der Waals surface area contributed by atoms with Crippen molar-refractivity contribution in [2.75, 3.05) is 11.8 Å². The van der Waals surface area contributed by atoms with Crippen molar-refractivity contribution in [1.82, 2.24) is 0 Å². The number of carbonyl (C=O) groups excluding carboxylic acids is 1. The summed E-state index contributed by atoms with van der Waals surface area (Å²) in [6.45, 7) is 0. The Labute approximate surface area is 127 Å². The molecule has 0 atom stereocenters. The zero-order valence-electron chi connectivity index (χ0n) is 10.9. The van der Waals surface area contributed by atoms with Crippen LogP contribution in [0.25, 0.3) is 0 Å². The van der Waals surface area contributed by atoms with E-state index in [1.54, 1.807) is 4.72 Å². The van der Waals surface area contributed by atoms with Crippen LogP contribution in [0.15, 0.2) is 28.5 Å². The molecular formula is C12H8F3NO4S2. The average molecular weight is 351 g/mol. The van der Waals surface area contributed by atoms with Crippen molar-refractivity contribution in [2.24, 2.45) is 0 Å². The van der Waals surface area contributed by atoms with E-state index < -0.39 is 44.0 Å². The smallest absolute Gasteiger partial charge is 0.349 e. The minimum Gasteiger partial charge on any atom is -0.465 e. The first kappa shape index (κ1) is 16.3. The van der Waals surface area contributed by atoms with Gasteiger partial charge in [0.2, 0.25) is 0 Å². The number of ether oxygens (including phenoxy) is 1. The molecule has 0 amide bonds. The highest BCUT2D eigenvalue weighted by molar-refractivity contribution is 7.93. The lowest BCUT2D eigenvalue weighted by Crippen LogP contribution is -2.17. The molecule has 0 aliphatic heterocycles. The number of esters is 1. The summed E-state index contributed by atoms with van der Waals surface area (Å²) >= 11 is 0.808. The zero-order chi connectivity index (χ0) is 16.5. The van der Waals surface area contributed by atoms with Crippen LogP contribution in [0, 0.1) is 17.5 Å². The number of hydrogen-bond acceptors (Lipinski definition) is 5. The maximum absolute atomic E-state index is 13.5. The number of nitrogens with one attached hydrogen (secondary N) is 1. The maximum Gasteiger partial charge on any atom is 0.349 e. The second-order valence-electron chi connectivity index (χ2n) is 3.93. The molecule has 0 bridgehead atoms. The van der Waals surface area contributed by atoms with E-state index in [1.165, 1.54) is 5.38 Å². The summed E-state index contributed by atoms with van der Waals surface area (Å²) in [6.07, 6.45) is 0. The van der Waals surface area contributed by atoms with Crippen molar-refractivity contribution in [3.05, 3.63) is 45.9 Å². The number of carbonyl (C=O) groups is 1. The molecular weight excluding hydrogens is 343 g/mol. The molecule has 1 aromatic carbocycles. The number of methoxy groups -OCH3 is 1. The molecule has 1 N–H and O–H groups in total. The summed E-state index contributed by atoms with van der Waals surface area (Å²) in [7, 11) is -3.31. The van der Waals surface area contributed by atoms with Crippen LogP contribution in [0.3, 0.4) is 0 Å². The van der Waals surface area contributed by atoms with Crippen LogP contribution in [-0.4, -0.2) is 21.5 Å². The van der Waals surface area contributed by atoms with E-state index in [0.29, 0.717) is 6.07 Å². The number of anilines is 1. The van der Waals surface area contributed by atoms with E-state index in [2.05, 4.69) is 4.74 Å². The van der Waals surface area contributed by atoms with E-state index in [9.17, 15) is 26.4 Å². The van der Waals surface area contributed by atoms with Crippen LogP contribution in [0.1, 0.15) is 9.67 Å². The fourth-order valence-electron chi connectivity index (χ4n) is 1.56. The van der Waals surface area contributed by atoms with Crippen LogP contribution in [0.5, 0.6) is 0 Å². The van der Waals surface area contributed by atoms with Crippen LogP contribution in [0.4, 0.5) is 18.9 Å². The molecule has 2 rings (SSSR count). The Bertz CT molecular complexity index is 833. The van der Waals surface area contributed by atoms with Crippen LogP contribution >= 0.6 is 11.3 Å². The summed E-state index contributed by atoms with van der Waals surface area (Å²) in [4.78, 5) is 10.8. The van der Waals surface area contributed by atoms with Gasteiger partial charge in [0.15, 0.2) is 17.5 Å². The minimum atomic E-state index is -4.38. The summed E-state index contributed by atoms with van der Waals surface area (Å²) in [5.74, 6) is -5.83. The highest BCUT2D eigenvalue weighted by Gasteiger charge is 2.26. The Morgan fingerprint density at radius 2 is 1.86 bits per heavy atom. The number of rotatable bonds is 4. The molecule has 118 valence electrons. The lowest BCUT2D eigenvalue weighted by Gasteiger charge is -2.09. The molecule has 5 nitrogen and oxygen atoms in total. The SMILES string of the molecule is COC(=O)c1sccc1S(=O)(=O)Nc1ccc(F)c(F)c1F. The van der Waals surface area contributed by atoms with Gasteiger partial charge in [0.1, 0.15) is 9.77 Å². The van der Waals surface area contributed by atoms with Crippen molar-refractivity contribution < 1.29 is 31.1 Å². The third-order valence-corrected chi connectivity index (χ3v) is 5.00. The standard InChI is InChI=1S/C12H8F3NO4S2/c1-20-12(17)11-8(4-5-21-11)22(18,19)16-7-3-2-6(13)9(14)10(7)15/h2-5,16H,1H3. The number of thiophene rings is 1. The predicted molar refractivity (Wildman–Crippen MR) is 72.8 cm³/mol. The fourth-order valence-corrected chi connectivity index (χ4v) is 3.95. The average Bonchev–Trinajstić information content (AvgIpc) is 2.97. The van der Waals surface area contributed by atoms with Gasteiger partial charge in [-0.05, 0) is 23.6 Å². The van der Waals surface area contributed by atoms with Crippen molar-refractivity contribution >= 4 is 33.0 Å². The van der Waals surface area contributed by atoms with Gasteiger partial charge in [-0.25, -0.2) is 26.4 Å². The van der Waals surface area contributed by atoms with E-state index in [1.807, 2.05) is 0 Å². The van der Waals surface area contributed by atoms with Gasteiger partial charge in [-0.15, -0.1) is 11.3 Å². The quantitative estimate of drug-likeness (QED) is 0.679. The highest BCUT2D eigenvalue weighted by Crippen LogP contribution is 2.27. The number of sulfonamides is 1. The Morgan fingerprint density at radius 1 is 1.18 bits per heavy atom.